The number of ether oxygens (including phenoxy) is 1. The SMILES string of the molecule is C[C@@H](CNC(=O)OC(C)(C)C)OOC(N)=O. The number of hydrogen-bond acceptors (Lipinski definition) is 5. The summed E-state index contributed by atoms with van der Waals surface area (Å²) in [5, 5.41) is 2.44. The van der Waals surface area contributed by atoms with Crippen LogP contribution in [0.3, 0.4) is 0 Å². The van der Waals surface area contributed by atoms with E-state index in [1.54, 1.807) is 27.7 Å². The van der Waals surface area contributed by atoms with Gasteiger partial charge in [0.25, 0.3) is 0 Å². The first-order valence-electron chi connectivity index (χ1n) is 4.80. The van der Waals surface area contributed by atoms with Gasteiger partial charge in [-0.3, -0.25) is 4.89 Å². The highest BCUT2D eigenvalue weighted by Crippen LogP contribution is 2.06. The average molecular weight is 234 g/mol. The monoisotopic (exact) mass is 234 g/mol. The Bertz CT molecular complexity index is 249. The van der Waals surface area contributed by atoms with E-state index in [1.165, 1.54) is 0 Å². The number of rotatable bonds is 4. The molecule has 0 bridgehead atoms. The van der Waals surface area contributed by atoms with E-state index in [0.717, 1.165) is 0 Å². The average Bonchev–Trinajstić information content (AvgIpc) is 2.08. The molecule has 94 valence electrons. The largest absolute Gasteiger partial charge is 0.444 e. The van der Waals surface area contributed by atoms with Crippen LogP contribution in [0, 0.1) is 0 Å². The van der Waals surface area contributed by atoms with Crippen molar-refractivity contribution in [2.45, 2.75) is 39.4 Å². The molecule has 0 fully saturated rings. The Morgan fingerprint density at radius 3 is 2.38 bits per heavy atom. The molecule has 16 heavy (non-hydrogen) atoms. The van der Waals surface area contributed by atoms with Crippen molar-refractivity contribution in [2.75, 3.05) is 6.54 Å². The zero-order valence-electron chi connectivity index (χ0n) is 9.90. The van der Waals surface area contributed by atoms with Gasteiger partial charge < -0.3 is 15.8 Å². The van der Waals surface area contributed by atoms with E-state index in [2.05, 4.69) is 20.8 Å². The lowest BCUT2D eigenvalue weighted by molar-refractivity contribution is -0.264. The lowest BCUT2D eigenvalue weighted by Gasteiger charge is -2.20. The molecule has 0 aromatic heterocycles. The van der Waals surface area contributed by atoms with Gasteiger partial charge in [0, 0.05) is 0 Å². The van der Waals surface area contributed by atoms with Gasteiger partial charge in [0.1, 0.15) is 11.7 Å². The Morgan fingerprint density at radius 2 is 1.94 bits per heavy atom. The molecule has 0 radical (unpaired) electrons. The van der Waals surface area contributed by atoms with Crippen LogP contribution in [-0.2, 0) is 14.5 Å². The summed E-state index contributed by atoms with van der Waals surface area (Å²) in [6.45, 7) is 7.00. The third-order valence-electron chi connectivity index (χ3n) is 1.23. The quantitative estimate of drug-likeness (QED) is 0.556. The van der Waals surface area contributed by atoms with Crippen molar-refractivity contribution in [2.24, 2.45) is 5.73 Å². The molecule has 7 nitrogen and oxygen atoms in total. The van der Waals surface area contributed by atoms with E-state index in [9.17, 15) is 9.59 Å². The summed E-state index contributed by atoms with van der Waals surface area (Å²) in [7, 11) is 0. The number of nitrogens with one attached hydrogen (secondary N) is 1. The number of carbonyl (C=O) groups is 2. The topological polar surface area (TPSA) is 99.9 Å². The fraction of sp³-hybridized carbons (Fsp3) is 0.778. The first-order valence-corrected chi connectivity index (χ1v) is 4.80. The molecular formula is C9H18N2O5. The Morgan fingerprint density at radius 1 is 1.38 bits per heavy atom. The second-order valence-corrected chi connectivity index (χ2v) is 4.19. The maximum atomic E-state index is 11.2. The van der Waals surface area contributed by atoms with Crippen molar-refractivity contribution in [3.63, 3.8) is 0 Å². The molecule has 0 spiro atoms. The third-order valence-corrected chi connectivity index (χ3v) is 1.23. The van der Waals surface area contributed by atoms with Crippen LogP contribution in [0.25, 0.3) is 0 Å². The van der Waals surface area contributed by atoms with Gasteiger partial charge in [-0.05, 0) is 27.7 Å². The maximum absolute atomic E-state index is 11.2. The number of alkyl carbamates (subject to hydrolysis) is 1. The Balaban J connectivity index is 3.71. The van der Waals surface area contributed by atoms with Gasteiger partial charge in [-0.25, -0.2) is 9.59 Å². The summed E-state index contributed by atoms with van der Waals surface area (Å²) in [5.74, 6) is 0. The molecule has 1 atom stereocenters. The highest BCUT2D eigenvalue weighted by Gasteiger charge is 2.16. The molecule has 0 aliphatic rings. The van der Waals surface area contributed by atoms with Gasteiger partial charge in [-0.1, -0.05) is 0 Å². The van der Waals surface area contributed by atoms with Gasteiger partial charge in [-0.15, -0.1) is 0 Å². The zero-order chi connectivity index (χ0) is 12.8. The minimum absolute atomic E-state index is 0.141. The van der Waals surface area contributed by atoms with Crippen LogP contribution in [-0.4, -0.2) is 30.4 Å². The summed E-state index contributed by atoms with van der Waals surface area (Å²) in [4.78, 5) is 30.0. The van der Waals surface area contributed by atoms with E-state index < -0.39 is 23.9 Å². The van der Waals surface area contributed by atoms with Gasteiger partial charge in [0.15, 0.2) is 0 Å². The first kappa shape index (κ1) is 14.5. The molecule has 0 saturated carbocycles. The molecule has 0 rings (SSSR count). The number of primary amides is 1. The zero-order valence-corrected chi connectivity index (χ0v) is 9.90. The van der Waals surface area contributed by atoms with Crippen LogP contribution in [0.15, 0.2) is 0 Å². The fourth-order valence-electron chi connectivity index (χ4n) is 0.705. The predicted octanol–water partition coefficient (Wildman–Crippen LogP) is 0.927. The second-order valence-electron chi connectivity index (χ2n) is 4.19. The van der Waals surface area contributed by atoms with Gasteiger partial charge in [0.2, 0.25) is 0 Å². The number of nitrogens with two attached hydrogens (primary N) is 1. The molecule has 0 saturated heterocycles. The Kier molecular flexibility index (Phi) is 5.59. The lowest BCUT2D eigenvalue weighted by atomic mass is 10.2. The van der Waals surface area contributed by atoms with Crippen molar-refractivity contribution in [1.29, 1.82) is 0 Å². The summed E-state index contributed by atoms with van der Waals surface area (Å²) in [6.07, 6.45) is -2.12. The maximum Gasteiger partial charge on any atom is 0.436 e. The number of carbonyl (C=O) groups excluding carboxylic acids is 2. The Labute approximate surface area is 94.1 Å². The summed E-state index contributed by atoms with van der Waals surface area (Å²) >= 11 is 0. The van der Waals surface area contributed by atoms with Crippen LogP contribution >= 0.6 is 0 Å². The molecular weight excluding hydrogens is 216 g/mol. The van der Waals surface area contributed by atoms with Crippen molar-refractivity contribution >= 4 is 12.2 Å². The molecule has 0 aromatic carbocycles. The molecule has 0 aromatic rings. The molecule has 0 aliphatic heterocycles. The van der Waals surface area contributed by atoms with Crippen LogP contribution < -0.4 is 11.1 Å². The van der Waals surface area contributed by atoms with E-state index in [1.807, 2.05) is 0 Å². The minimum atomic E-state index is -1.04. The van der Waals surface area contributed by atoms with E-state index in [4.69, 9.17) is 4.74 Å². The molecule has 2 amide bonds. The highest BCUT2D eigenvalue weighted by molar-refractivity contribution is 5.67. The fourth-order valence-corrected chi connectivity index (χ4v) is 0.705. The third kappa shape index (κ3) is 9.07. The van der Waals surface area contributed by atoms with Crippen molar-refractivity contribution < 1.29 is 24.1 Å². The van der Waals surface area contributed by atoms with E-state index >= 15 is 0 Å². The van der Waals surface area contributed by atoms with Gasteiger partial charge >= 0.3 is 12.2 Å². The van der Waals surface area contributed by atoms with E-state index in [0.29, 0.717) is 0 Å². The highest BCUT2D eigenvalue weighted by atomic mass is 17.2. The summed E-state index contributed by atoms with van der Waals surface area (Å²) in [5.41, 5.74) is 4.12. The normalized spacial score (nSPS) is 12.8. The van der Waals surface area contributed by atoms with Crippen LogP contribution in [0.5, 0.6) is 0 Å². The molecule has 0 heterocycles. The van der Waals surface area contributed by atoms with Gasteiger partial charge in [-0.2, -0.15) is 4.89 Å². The summed E-state index contributed by atoms with van der Waals surface area (Å²) in [6, 6.07) is 0. The number of amides is 2. The minimum Gasteiger partial charge on any atom is -0.444 e. The first-order chi connectivity index (χ1) is 7.20. The molecule has 7 heteroatoms. The van der Waals surface area contributed by atoms with Crippen LogP contribution in [0.4, 0.5) is 9.59 Å². The van der Waals surface area contributed by atoms with Crippen molar-refractivity contribution in [1.82, 2.24) is 5.32 Å². The van der Waals surface area contributed by atoms with Crippen molar-refractivity contribution in [3.8, 4) is 0 Å². The number of hydrogen-bond donors (Lipinski definition) is 2. The van der Waals surface area contributed by atoms with Gasteiger partial charge in [0.05, 0.1) is 6.54 Å². The van der Waals surface area contributed by atoms with E-state index in [-0.39, 0.29) is 6.54 Å². The molecule has 0 unspecified atom stereocenters. The predicted molar refractivity (Wildman–Crippen MR) is 55.5 cm³/mol. The second kappa shape index (κ2) is 6.16. The lowest BCUT2D eigenvalue weighted by Crippen LogP contribution is -2.37. The molecule has 0 aliphatic carbocycles. The van der Waals surface area contributed by atoms with Crippen molar-refractivity contribution in [3.05, 3.63) is 0 Å². The smallest absolute Gasteiger partial charge is 0.436 e. The van der Waals surface area contributed by atoms with Crippen LogP contribution in [0.1, 0.15) is 27.7 Å². The standard InChI is InChI=1S/C9H18N2O5/c1-6(15-16-7(10)12)5-11-8(13)14-9(2,3)4/h6H,5H2,1-4H3,(H2,10,12)(H,11,13)/t6-/m0/s1. The Hall–Kier alpha value is -1.50. The summed E-state index contributed by atoms with van der Waals surface area (Å²) < 4.78 is 4.98. The molecule has 3 N–H and O–H groups in total. The van der Waals surface area contributed by atoms with Crippen LogP contribution in [0.2, 0.25) is 0 Å².